The van der Waals surface area contributed by atoms with E-state index in [2.05, 4.69) is 45.3 Å². The Bertz CT molecular complexity index is 161. The first-order chi connectivity index (χ1) is 7.99. The molecule has 0 aliphatic carbocycles. The molecule has 0 aliphatic heterocycles. The second kappa shape index (κ2) is 9.90. The molecule has 104 valence electrons. The highest BCUT2D eigenvalue weighted by Crippen LogP contribution is 2.10. The van der Waals surface area contributed by atoms with Crippen molar-refractivity contribution in [3.63, 3.8) is 0 Å². The average molecular weight is 242 g/mol. The molecule has 1 atom stereocenters. The van der Waals surface area contributed by atoms with E-state index in [1.807, 2.05) is 0 Å². The lowest BCUT2D eigenvalue weighted by Crippen LogP contribution is -2.37. The van der Waals surface area contributed by atoms with Gasteiger partial charge in [-0.05, 0) is 59.2 Å². The van der Waals surface area contributed by atoms with Gasteiger partial charge in [-0.1, -0.05) is 33.1 Å². The minimum absolute atomic E-state index is 0.257. The third kappa shape index (κ3) is 12.2. The van der Waals surface area contributed by atoms with Crippen LogP contribution < -0.4 is 10.6 Å². The van der Waals surface area contributed by atoms with Crippen LogP contribution in [0.4, 0.5) is 0 Å². The highest BCUT2D eigenvalue weighted by Gasteiger charge is 2.07. The van der Waals surface area contributed by atoms with E-state index in [9.17, 15) is 0 Å². The fraction of sp³-hybridized carbons (Fsp3) is 1.00. The average Bonchev–Trinajstić information content (AvgIpc) is 2.25. The van der Waals surface area contributed by atoms with Crippen molar-refractivity contribution >= 4 is 0 Å². The second-order valence-corrected chi connectivity index (χ2v) is 6.15. The Labute approximate surface area is 109 Å². The fourth-order valence-electron chi connectivity index (χ4n) is 1.93. The molecule has 1 unspecified atom stereocenters. The summed E-state index contributed by atoms with van der Waals surface area (Å²) in [6.07, 6.45) is 6.63. The summed E-state index contributed by atoms with van der Waals surface area (Å²) in [4.78, 5) is 0. The summed E-state index contributed by atoms with van der Waals surface area (Å²) in [6.45, 7) is 14.7. The van der Waals surface area contributed by atoms with Gasteiger partial charge in [-0.3, -0.25) is 0 Å². The molecular weight excluding hydrogens is 208 g/mol. The lowest BCUT2D eigenvalue weighted by molar-refractivity contribution is 0.398. The summed E-state index contributed by atoms with van der Waals surface area (Å²) < 4.78 is 0. The van der Waals surface area contributed by atoms with Gasteiger partial charge in [0.15, 0.2) is 0 Å². The van der Waals surface area contributed by atoms with E-state index in [1.165, 1.54) is 38.6 Å². The monoisotopic (exact) mass is 242 g/mol. The Kier molecular flexibility index (Phi) is 9.85. The van der Waals surface area contributed by atoms with E-state index >= 15 is 0 Å². The standard InChI is InChI=1S/C15H34N2/c1-6-8-10-14(7-2)13-16-11-9-12-17-15(3,4)5/h14,16-17H,6-13H2,1-5H3. The minimum atomic E-state index is 0.257. The molecule has 17 heavy (non-hydrogen) atoms. The molecule has 0 amide bonds. The van der Waals surface area contributed by atoms with Crippen molar-refractivity contribution < 1.29 is 0 Å². The first-order valence-corrected chi connectivity index (χ1v) is 7.45. The van der Waals surface area contributed by atoms with Gasteiger partial charge in [0.25, 0.3) is 0 Å². The first-order valence-electron chi connectivity index (χ1n) is 7.45. The number of rotatable bonds is 10. The highest BCUT2D eigenvalue weighted by atomic mass is 14.9. The largest absolute Gasteiger partial charge is 0.316 e. The summed E-state index contributed by atoms with van der Waals surface area (Å²) in [7, 11) is 0. The predicted molar refractivity (Wildman–Crippen MR) is 78.5 cm³/mol. The van der Waals surface area contributed by atoms with Crippen LogP contribution in [0.2, 0.25) is 0 Å². The molecule has 0 saturated carbocycles. The van der Waals surface area contributed by atoms with E-state index < -0.39 is 0 Å². The van der Waals surface area contributed by atoms with Crippen molar-refractivity contribution in [1.29, 1.82) is 0 Å². The van der Waals surface area contributed by atoms with Crippen LogP contribution >= 0.6 is 0 Å². The van der Waals surface area contributed by atoms with Gasteiger partial charge in [0.2, 0.25) is 0 Å². The summed E-state index contributed by atoms with van der Waals surface area (Å²) in [5, 5.41) is 7.11. The van der Waals surface area contributed by atoms with E-state index in [-0.39, 0.29) is 5.54 Å². The van der Waals surface area contributed by atoms with Crippen LogP contribution in [0.5, 0.6) is 0 Å². The van der Waals surface area contributed by atoms with E-state index in [1.54, 1.807) is 0 Å². The predicted octanol–water partition coefficient (Wildman–Crippen LogP) is 3.57. The van der Waals surface area contributed by atoms with Crippen molar-refractivity contribution in [2.45, 2.75) is 72.3 Å². The Morgan fingerprint density at radius 2 is 1.71 bits per heavy atom. The van der Waals surface area contributed by atoms with Crippen LogP contribution in [0.25, 0.3) is 0 Å². The fourth-order valence-corrected chi connectivity index (χ4v) is 1.93. The maximum atomic E-state index is 3.59. The summed E-state index contributed by atoms with van der Waals surface area (Å²) in [6, 6.07) is 0. The molecule has 0 aromatic carbocycles. The third-order valence-electron chi connectivity index (χ3n) is 3.16. The summed E-state index contributed by atoms with van der Waals surface area (Å²) in [5.41, 5.74) is 0.257. The molecule has 0 bridgehead atoms. The molecule has 2 N–H and O–H groups in total. The van der Waals surface area contributed by atoms with Crippen molar-refractivity contribution in [1.82, 2.24) is 10.6 Å². The van der Waals surface area contributed by atoms with Gasteiger partial charge in [0, 0.05) is 5.54 Å². The van der Waals surface area contributed by atoms with E-state index in [0.29, 0.717) is 0 Å². The molecule has 0 heterocycles. The lowest BCUT2D eigenvalue weighted by atomic mass is 9.99. The van der Waals surface area contributed by atoms with Crippen LogP contribution in [0.3, 0.4) is 0 Å². The van der Waals surface area contributed by atoms with Gasteiger partial charge in [-0.25, -0.2) is 0 Å². The maximum Gasteiger partial charge on any atom is 0.00965 e. The van der Waals surface area contributed by atoms with Gasteiger partial charge in [-0.2, -0.15) is 0 Å². The maximum absolute atomic E-state index is 3.59. The molecule has 2 heteroatoms. The van der Waals surface area contributed by atoms with Crippen molar-refractivity contribution in [3.8, 4) is 0 Å². The van der Waals surface area contributed by atoms with Crippen molar-refractivity contribution in [2.24, 2.45) is 5.92 Å². The molecule has 0 aromatic heterocycles. The Balaban J connectivity index is 3.36. The molecule has 0 aromatic rings. The van der Waals surface area contributed by atoms with Gasteiger partial charge >= 0.3 is 0 Å². The van der Waals surface area contributed by atoms with Crippen molar-refractivity contribution in [3.05, 3.63) is 0 Å². The molecule has 0 radical (unpaired) electrons. The van der Waals surface area contributed by atoms with Crippen LogP contribution in [-0.4, -0.2) is 25.2 Å². The zero-order chi connectivity index (χ0) is 13.1. The third-order valence-corrected chi connectivity index (χ3v) is 3.16. The zero-order valence-corrected chi connectivity index (χ0v) is 12.7. The lowest BCUT2D eigenvalue weighted by Gasteiger charge is -2.21. The van der Waals surface area contributed by atoms with Gasteiger partial charge in [0.05, 0.1) is 0 Å². The Morgan fingerprint density at radius 3 is 2.24 bits per heavy atom. The molecule has 0 spiro atoms. The SMILES string of the molecule is CCCCC(CC)CNCCCNC(C)(C)C. The minimum Gasteiger partial charge on any atom is -0.316 e. The second-order valence-electron chi connectivity index (χ2n) is 6.15. The number of unbranched alkanes of at least 4 members (excludes halogenated alkanes) is 1. The van der Waals surface area contributed by atoms with Gasteiger partial charge in [0.1, 0.15) is 0 Å². The van der Waals surface area contributed by atoms with Gasteiger partial charge in [-0.15, -0.1) is 0 Å². The first kappa shape index (κ1) is 16.9. The molecule has 0 fully saturated rings. The number of hydrogen-bond acceptors (Lipinski definition) is 2. The number of hydrogen-bond donors (Lipinski definition) is 2. The zero-order valence-electron chi connectivity index (χ0n) is 12.7. The quantitative estimate of drug-likeness (QED) is 0.572. The topological polar surface area (TPSA) is 24.1 Å². The Morgan fingerprint density at radius 1 is 1.00 bits per heavy atom. The van der Waals surface area contributed by atoms with E-state index in [4.69, 9.17) is 0 Å². The van der Waals surface area contributed by atoms with Crippen LogP contribution in [0.1, 0.15) is 66.7 Å². The molecule has 0 saturated heterocycles. The van der Waals surface area contributed by atoms with E-state index in [0.717, 1.165) is 19.0 Å². The van der Waals surface area contributed by atoms with Crippen LogP contribution in [-0.2, 0) is 0 Å². The van der Waals surface area contributed by atoms with Crippen LogP contribution in [0, 0.1) is 5.92 Å². The highest BCUT2D eigenvalue weighted by molar-refractivity contribution is 4.70. The molecule has 2 nitrogen and oxygen atoms in total. The molecule has 0 rings (SSSR count). The van der Waals surface area contributed by atoms with Gasteiger partial charge < -0.3 is 10.6 Å². The van der Waals surface area contributed by atoms with Crippen molar-refractivity contribution in [2.75, 3.05) is 19.6 Å². The molecular formula is C15H34N2. The van der Waals surface area contributed by atoms with Crippen LogP contribution in [0.15, 0.2) is 0 Å². The summed E-state index contributed by atoms with van der Waals surface area (Å²) in [5.74, 6) is 0.880. The summed E-state index contributed by atoms with van der Waals surface area (Å²) >= 11 is 0. The normalized spacial score (nSPS) is 13.9. The smallest absolute Gasteiger partial charge is 0.00965 e. The number of nitrogens with one attached hydrogen (secondary N) is 2. The molecule has 0 aliphatic rings. The Hall–Kier alpha value is -0.0800.